The number of benzene rings is 2. The van der Waals surface area contributed by atoms with Crippen LogP contribution in [0.5, 0.6) is 0 Å². The minimum atomic E-state index is -3.57. The van der Waals surface area contributed by atoms with Gasteiger partial charge in [-0.2, -0.15) is 0 Å². The van der Waals surface area contributed by atoms with Crippen molar-refractivity contribution < 1.29 is 17.9 Å². The van der Waals surface area contributed by atoms with E-state index in [1.54, 1.807) is 6.92 Å². The first kappa shape index (κ1) is 18.2. The Hall–Kier alpha value is -2.18. The molecule has 0 spiro atoms. The van der Waals surface area contributed by atoms with Crippen molar-refractivity contribution in [3.8, 4) is 0 Å². The highest BCUT2D eigenvalue weighted by molar-refractivity contribution is 7.89. The van der Waals surface area contributed by atoms with E-state index in [1.165, 1.54) is 24.3 Å². The lowest BCUT2D eigenvalue weighted by atomic mass is 10.2. The van der Waals surface area contributed by atoms with Crippen LogP contribution in [0.1, 0.15) is 36.2 Å². The maximum Gasteiger partial charge on any atom is 0.338 e. The summed E-state index contributed by atoms with van der Waals surface area (Å²) in [6.45, 7) is 3.88. The minimum absolute atomic E-state index is 0.127. The van der Waals surface area contributed by atoms with Gasteiger partial charge in [0.25, 0.3) is 0 Å². The van der Waals surface area contributed by atoms with Gasteiger partial charge in [0, 0.05) is 6.04 Å². The molecule has 0 heterocycles. The molecule has 0 fully saturated rings. The summed E-state index contributed by atoms with van der Waals surface area (Å²) in [7, 11) is -3.57. The minimum Gasteiger partial charge on any atom is -0.457 e. The van der Waals surface area contributed by atoms with Gasteiger partial charge < -0.3 is 4.74 Å². The topological polar surface area (TPSA) is 72.5 Å². The number of carbonyl (C=O) groups excluding carboxylic acids is 1. The molecule has 1 unspecified atom stereocenters. The highest BCUT2D eigenvalue weighted by atomic mass is 32.2. The summed E-state index contributed by atoms with van der Waals surface area (Å²) < 4.78 is 32.1. The molecule has 0 radical (unpaired) electrons. The van der Waals surface area contributed by atoms with Crippen LogP contribution in [-0.2, 0) is 21.4 Å². The van der Waals surface area contributed by atoms with Crippen molar-refractivity contribution in [3.05, 3.63) is 65.7 Å². The molecule has 0 aliphatic heterocycles. The number of rotatable bonds is 7. The SMILES string of the molecule is CCC(C)NS(=O)(=O)c1ccc(C(=O)OCc2ccccc2)cc1. The van der Waals surface area contributed by atoms with Crippen molar-refractivity contribution in [3.63, 3.8) is 0 Å². The van der Waals surface area contributed by atoms with E-state index < -0.39 is 16.0 Å². The number of carbonyl (C=O) groups is 1. The zero-order valence-corrected chi connectivity index (χ0v) is 14.5. The molecule has 6 heteroatoms. The zero-order valence-electron chi connectivity index (χ0n) is 13.7. The van der Waals surface area contributed by atoms with E-state index in [-0.39, 0.29) is 17.5 Å². The summed E-state index contributed by atoms with van der Waals surface area (Å²) in [5.74, 6) is -0.488. The van der Waals surface area contributed by atoms with Gasteiger partial charge in [0.1, 0.15) is 6.61 Å². The number of esters is 1. The van der Waals surface area contributed by atoms with Crippen molar-refractivity contribution in [2.75, 3.05) is 0 Å². The fourth-order valence-corrected chi connectivity index (χ4v) is 3.32. The van der Waals surface area contributed by atoms with Crippen LogP contribution in [0, 0.1) is 0 Å². The Morgan fingerprint density at radius 1 is 1.08 bits per heavy atom. The molecule has 128 valence electrons. The van der Waals surface area contributed by atoms with Crippen LogP contribution in [0.25, 0.3) is 0 Å². The van der Waals surface area contributed by atoms with Crippen molar-refractivity contribution in [2.45, 2.75) is 37.8 Å². The molecule has 0 aliphatic rings. The molecule has 0 saturated heterocycles. The Morgan fingerprint density at radius 2 is 1.71 bits per heavy atom. The molecule has 1 N–H and O–H groups in total. The van der Waals surface area contributed by atoms with Crippen LogP contribution in [-0.4, -0.2) is 20.4 Å². The Bertz CT molecular complexity index is 770. The third-order valence-electron chi connectivity index (χ3n) is 3.58. The van der Waals surface area contributed by atoms with Gasteiger partial charge in [0.05, 0.1) is 10.5 Å². The van der Waals surface area contributed by atoms with Crippen LogP contribution < -0.4 is 4.72 Å². The predicted molar refractivity (Wildman–Crippen MR) is 92.1 cm³/mol. The lowest BCUT2D eigenvalue weighted by Gasteiger charge is -2.12. The molecule has 5 nitrogen and oxygen atoms in total. The summed E-state index contributed by atoms with van der Waals surface area (Å²) >= 11 is 0. The Balaban J connectivity index is 2.02. The van der Waals surface area contributed by atoms with Crippen molar-refractivity contribution in [1.82, 2.24) is 4.72 Å². The van der Waals surface area contributed by atoms with Gasteiger partial charge in [-0.05, 0) is 43.2 Å². The maximum atomic E-state index is 12.2. The largest absolute Gasteiger partial charge is 0.457 e. The van der Waals surface area contributed by atoms with E-state index in [0.717, 1.165) is 5.56 Å². The monoisotopic (exact) mass is 347 g/mol. The number of hydrogen-bond donors (Lipinski definition) is 1. The molecule has 2 aromatic rings. The molecule has 0 aliphatic carbocycles. The third kappa shape index (κ3) is 4.91. The summed E-state index contributed by atoms with van der Waals surface area (Å²) in [5, 5.41) is 0. The summed E-state index contributed by atoms with van der Waals surface area (Å²) in [6.07, 6.45) is 0.698. The van der Waals surface area contributed by atoms with E-state index in [9.17, 15) is 13.2 Å². The molecule has 2 aromatic carbocycles. The van der Waals surface area contributed by atoms with Gasteiger partial charge in [0.2, 0.25) is 10.0 Å². The average Bonchev–Trinajstić information content (AvgIpc) is 2.60. The number of hydrogen-bond acceptors (Lipinski definition) is 4. The highest BCUT2D eigenvalue weighted by Gasteiger charge is 2.17. The second-order valence-corrected chi connectivity index (χ2v) is 7.23. The van der Waals surface area contributed by atoms with Crippen LogP contribution in [0.15, 0.2) is 59.5 Å². The summed E-state index contributed by atoms with van der Waals surface area (Å²) in [4.78, 5) is 12.1. The summed E-state index contributed by atoms with van der Waals surface area (Å²) in [5.41, 5.74) is 1.20. The first-order valence-corrected chi connectivity index (χ1v) is 9.24. The highest BCUT2D eigenvalue weighted by Crippen LogP contribution is 2.13. The first-order chi connectivity index (χ1) is 11.4. The Morgan fingerprint density at radius 3 is 2.29 bits per heavy atom. The smallest absolute Gasteiger partial charge is 0.338 e. The summed E-state index contributed by atoms with van der Waals surface area (Å²) in [6, 6.07) is 14.9. The van der Waals surface area contributed by atoms with E-state index >= 15 is 0 Å². The molecular weight excluding hydrogens is 326 g/mol. The fourth-order valence-electron chi connectivity index (χ4n) is 1.99. The van der Waals surface area contributed by atoms with E-state index in [4.69, 9.17) is 4.74 Å². The van der Waals surface area contributed by atoms with Crippen LogP contribution in [0.3, 0.4) is 0 Å². The van der Waals surface area contributed by atoms with Gasteiger partial charge >= 0.3 is 5.97 Å². The molecule has 0 saturated carbocycles. The molecule has 2 rings (SSSR count). The predicted octanol–water partition coefficient (Wildman–Crippen LogP) is 3.12. The van der Waals surface area contributed by atoms with Gasteiger partial charge in [-0.15, -0.1) is 0 Å². The van der Waals surface area contributed by atoms with E-state index in [1.807, 2.05) is 37.3 Å². The van der Waals surface area contributed by atoms with Crippen LogP contribution in [0.4, 0.5) is 0 Å². The fraction of sp³-hybridized carbons (Fsp3) is 0.278. The molecule has 1 atom stereocenters. The molecule has 0 amide bonds. The molecule has 0 aromatic heterocycles. The van der Waals surface area contributed by atoms with Gasteiger partial charge in [0.15, 0.2) is 0 Å². The van der Waals surface area contributed by atoms with Crippen molar-refractivity contribution >= 4 is 16.0 Å². The second-order valence-electron chi connectivity index (χ2n) is 5.52. The lowest BCUT2D eigenvalue weighted by Crippen LogP contribution is -2.32. The number of nitrogens with one attached hydrogen (secondary N) is 1. The first-order valence-electron chi connectivity index (χ1n) is 7.76. The van der Waals surface area contributed by atoms with Gasteiger partial charge in [-0.3, -0.25) is 0 Å². The second kappa shape index (κ2) is 8.08. The third-order valence-corrected chi connectivity index (χ3v) is 5.19. The number of ether oxygens (including phenoxy) is 1. The van der Waals surface area contributed by atoms with E-state index in [2.05, 4.69) is 4.72 Å². The quantitative estimate of drug-likeness (QED) is 0.781. The Labute approximate surface area is 142 Å². The van der Waals surface area contributed by atoms with E-state index in [0.29, 0.717) is 12.0 Å². The Kier molecular flexibility index (Phi) is 6.11. The van der Waals surface area contributed by atoms with Gasteiger partial charge in [-0.1, -0.05) is 37.3 Å². The lowest BCUT2D eigenvalue weighted by molar-refractivity contribution is 0.0472. The number of sulfonamides is 1. The van der Waals surface area contributed by atoms with Crippen LogP contribution in [0.2, 0.25) is 0 Å². The maximum absolute atomic E-state index is 12.2. The van der Waals surface area contributed by atoms with Crippen molar-refractivity contribution in [1.29, 1.82) is 0 Å². The van der Waals surface area contributed by atoms with Crippen LogP contribution >= 0.6 is 0 Å². The average molecular weight is 347 g/mol. The van der Waals surface area contributed by atoms with Gasteiger partial charge in [-0.25, -0.2) is 17.9 Å². The molecular formula is C18H21NO4S. The van der Waals surface area contributed by atoms with Crippen molar-refractivity contribution in [2.24, 2.45) is 0 Å². The zero-order chi connectivity index (χ0) is 17.6. The molecule has 0 bridgehead atoms. The molecule has 24 heavy (non-hydrogen) atoms. The standard InChI is InChI=1S/C18H21NO4S/c1-3-14(2)19-24(21,22)17-11-9-16(10-12-17)18(20)23-13-15-7-5-4-6-8-15/h4-12,14,19H,3,13H2,1-2H3. The normalized spacial score (nSPS) is 12.6.